The zero-order valence-electron chi connectivity index (χ0n) is 8.29. The van der Waals surface area contributed by atoms with E-state index >= 15 is 0 Å². The molecule has 1 aromatic rings. The summed E-state index contributed by atoms with van der Waals surface area (Å²) >= 11 is 0. The van der Waals surface area contributed by atoms with Crippen molar-refractivity contribution in [3.63, 3.8) is 0 Å². The Morgan fingerprint density at radius 1 is 1.33 bits per heavy atom. The van der Waals surface area contributed by atoms with Crippen molar-refractivity contribution < 1.29 is 4.79 Å². The molecule has 15 heavy (non-hydrogen) atoms. The summed E-state index contributed by atoms with van der Waals surface area (Å²) in [6.45, 7) is 1.04. The third-order valence-electron chi connectivity index (χ3n) is 4.07. The van der Waals surface area contributed by atoms with E-state index in [4.69, 9.17) is 0 Å². The van der Waals surface area contributed by atoms with Crippen LogP contribution in [-0.2, 0) is 5.41 Å². The number of rotatable bonds is 0. The number of benzene rings is 1. The van der Waals surface area contributed by atoms with Crippen LogP contribution in [0.5, 0.6) is 0 Å². The van der Waals surface area contributed by atoms with Gasteiger partial charge in [0.15, 0.2) is 5.78 Å². The van der Waals surface area contributed by atoms with Gasteiger partial charge >= 0.3 is 0 Å². The second kappa shape index (κ2) is 2.16. The van der Waals surface area contributed by atoms with Gasteiger partial charge in [-0.15, -0.1) is 0 Å². The van der Waals surface area contributed by atoms with E-state index in [0.717, 1.165) is 23.7 Å². The molecule has 4 rings (SSSR count). The second-order valence-electron chi connectivity index (χ2n) is 4.72. The van der Waals surface area contributed by atoms with E-state index in [2.05, 4.69) is 11.4 Å². The van der Waals surface area contributed by atoms with Crippen LogP contribution in [0.2, 0.25) is 0 Å². The molecular formula is C13H11NO. The fourth-order valence-electron chi connectivity index (χ4n) is 3.25. The molecule has 0 aromatic heterocycles. The van der Waals surface area contributed by atoms with E-state index in [1.54, 1.807) is 6.08 Å². The third-order valence-corrected chi connectivity index (χ3v) is 4.07. The van der Waals surface area contributed by atoms with Crippen LogP contribution in [-0.4, -0.2) is 12.3 Å². The van der Waals surface area contributed by atoms with Gasteiger partial charge in [0.2, 0.25) is 0 Å². The standard InChI is InChI=1S/C13H11NO/c15-11-5-12-13(6-8(13)7-14-12)10-4-2-1-3-9(10)11/h1-5,8,14H,6-7H2/t8-,13-/m0/s1. The van der Waals surface area contributed by atoms with Crippen molar-refractivity contribution >= 4 is 5.78 Å². The molecule has 2 atom stereocenters. The first-order chi connectivity index (χ1) is 7.32. The normalized spacial score (nSPS) is 34.8. The monoisotopic (exact) mass is 197 g/mol. The van der Waals surface area contributed by atoms with E-state index < -0.39 is 0 Å². The minimum Gasteiger partial charge on any atom is -0.387 e. The lowest BCUT2D eigenvalue weighted by Gasteiger charge is -2.23. The van der Waals surface area contributed by atoms with E-state index in [1.807, 2.05) is 18.2 Å². The first-order valence-electron chi connectivity index (χ1n) is 5.42. The average molecular weight is 197 g/mol. The van der Waals surface area contributed by atoms with E-state index in [0.29, 0.717) is 0 Å². The van der Waals surface area contributed by atoms with Gasteiger partial charge in [0.25, 0.3) is 0 Å². The van der Waals surface area contributed by atoms with Crippen molar-refractivity contribution in [2.45, 2.75) is 11.8 Å². The van der Waals surface area contributed by atoms with E-state index in [-0.39, 0.29) is 11.2 Å². The van der Waals surface area contributed by atoms with E-state index in [1.165, 1.54) is 12.0 Å². The van der Waals surface area contributed by atoms with Crippen LogP contribution in [0.1, 0.15) is 22.3 Å². The van der Waals surface area contributed by atoms with Crippen molar-refractivity contribution in [2.24, 2.45) is 5.92 Å². The molecule has 0 bridgehead atoms. The van der Waals surface area contributed by atoms with Crippen LogP contribution < -0.4 is 5.32 Å². The van der Waals surface area contributed by atoms with Gasteiger partial charge in [0.1, 0.15) is 0 Å². The Bertz CT molecular complexity index is 517. The Hall–Kier alpha value is -1.57. The summed E-state index contributed by atoms with van der Waals surface area (Å²) in [7, 11) is 0. The summed E-state index contributed by atoms with van der Waals surface area (Å²) < 4.78 is 0. The lowest BCUT2D eigenvalue weighted by atomic mass is 9.82. The molecule has 0 radical (unpaired) electrons. The Kier molecular flexibility index (Phi) is 1.11. The molecular weight excluding hydrogens is 186 g/mol. The zero-order chi connectivity index (χ0) is 10.0. The molecule has 2 fully saturated rings. The average Bonchev–Trinajstić information content (AvgIpc) is 2.89. The largest absolute Gasteiger partial charge is 0.387 e. The first-order valence-corrected chi connectivity index (χ1v) is 5.42. The van der Waals surface area contributed by atoms with Gasteiger partial charge in [-0.3, -0.25) is 4.79 Å². The third kappa shape index (κ3) is 0.717. The molecule has 1 saturated carbocycles. The van der Waals surface area contributed by atoms with Crippen molar-refractivity contribution in [3.05, 3.63) is 47.2 Å². The number of nitrogens with one attached hydrogen (secondary N) is 1. The summed E-state index contributed by atoms with van der Waals surface area (Å²) in [5.41, 5.74) is 3.52. The fourth-order valence-corrected chi connectivity index (χ4v) is 3.25. The lowest BCUT2D eigenvalue weighted by Crippen LogP contribution is -2.24. The van der Waals surface area contributed by atoms with Gasteiger partial charge in [-0.1, -0.05) is 24.3 Å². The summed E-state index contributed by atoms with van der Waals surface area (Å²) in [4.78, 5) is 11.9. The highest BCUT2D eigenvalue weighted by Gasteiger charge is 2.63. The molecule has 1 saturated heterocycles. The first kappa shape index (κ1) is 7.69. The maximum atomic E-state index is 11.9. The molecule has 1 aromatic carbocycles. The molecule has 0 unspecified atom stereocenters. The van der Waals surface area contributed by atoms with Gasteiger partial charge in [-0.2, -0.15) is 0 Å². The second-order valence-corrected chi connectivity index (χ2v) is 4.72. The molecule has 1 aliphatic heterocycles. The Labute approximate surface area is 88.0 Å². The fraction of sp³-hybridized carbons (Fsp3) is 0.308. The van der Waals surface area contributed by atoms with Crippen LogP contribution >= 0.6 is 0 Å². The predicted octanol–water partition coefficient (Wildman–Crippen LogP) is 1.63. The van der Waals surface area contributed by atoms with Gasteiger partial charge in [0, 0.05) is 29.3 Å². The highest BCUT2D eigenvalue weighted by molar-refractivity contribution is 6.08. The van der Waals surface area contributed by atoms with Crippen LogP contribution in [0.4, 0.5) is 0 Å². The number of carbonyl (C=O) groups is 1. The topological polar surface area (TPSA) is 29.1 Å². The van der Waals surface area contributed by atoms with Crippen LogP contribution in [0.3, 0.4) is 0 Å². The minimum absolute atomic E-state index is 0.159. The van der Waals surface area contributed by atoms with Crippen molar-refractivity contribution in [1.29, 1.82) is 0 Å². The highest BCUT2D eigenvalue weighted by atomic mass is 16.1. The number of carbonyl (C=O) groups excluding carboxylic acids is 1. The van der Waals surface area contributed by atoms with Crippen LogP contribution in [0.25, 0.3) is 0 Å². The summed E-state index contributed by atoms with van der Waals surface area (Å²) in [6, 6.07) is 8.06. The Morgan fingerprint density at radius 3 is 3.07 bits per heavy atom. The molecule has 3 aliphatic rings. The minimum atomic E-state index is 0.159. The van der Waals surface area contributed by atoms with Gasteiger partial charge in [0.05, 0.1) is 0 Å². The summed E-state index contributed by atoms with van der Waals surface area (Å²) in [6.07, 6.45) is 3.02. The molecule has 1 N–H and O–H groups in total. The summed E-state index contributed by atoms with van der Waals surface area (Å²) in [5.74, 6) is 0.879. The molecule has 1 spiro atoms. The number of allylic oxidation sites excluding steroid dienone is 2. The quantitative estimate of drug-likeness (QED) is 0.685. The maximum absolute atomic E-state index is 11.9. The summed E-state index contributed by atoms with van der Waals surface area (Å²) in [5, 5.41) is 3.36. The number of piperidine rings is 1. The number of hydrogen-bond donors (Lipinski definition) is 1. The Morgan fingerprint density at radius 2 is 2.20 bits per heavy atom. The van der Waals surface area contributed by atoms with Crippen molar-refractivity contribution in [1.82, 2.24) is 5.32 Å². The van der Waals surface area contributed by atoms with Crippen LogP contribution in [0, 0.1) is 5.92 Å². The number of hydrogen-bond acceptors (Lipinski definition) is 2. The highest BCUT2D eigenvalue weighted by Crippen LogP contribution is 2.63. The molecule has 2 nitrogen and oxygen atoms in total. The molecule has 2 aliphatic carbocycles. The van der Waals surface area contributed by atoms with Gasteiger partial charge in [-0.25, -0.2) is 0 Å². The van der Waals surface area contributed by atoms with Crippen molar-refractivity contribution in [3.8, 4) is 0 Å². The Balaban J connectivity index is 2.05. The lowest BCUT2D eigenvalue weighted by molar-refractivity contribution is 0.104. The zero-order valence-corrected chi connectivity index (χ0v) is 8.29. The van der Waals surface area contributed by atoms with Gasteiger partial charge < -0.3 is 5.32 Å². The number of ketones is 1. The predicted molar refractivity (Wildman–Crippen MR) is 56.6 cm³/mol. The smallest absolute Gasteiger partial charge is 0.187 e. The SMILES string of the molecule is O=C1C=C2NC[C@@H]3C[C@]23c2ccccc21. The molecule has 0 amide bonds. The molecule has 74 valence electrons. The van der Waals surface area contributed by atoms with E-state index in [9.17, 15) is 4.79 Å². The number of fused-ring (bicyclic) bond motifs is 1. The van der Waals surface area contributed by atoms with Crippen molar-refractivity contribution in [2.75, 3.05) is 6.54 Å². The van der Waals surface area contributed by atoms with Crippen LogP contribution in [0.15, 0.2) is 36.0 Å². The molecule has 1 heterocycles. The molecule has 2 heteroatoms. The maximum Gasteiger partial charge on any atom is 0.187 e. The van der Waals surface area contributed by atoms with Gasteiger partial charge in [-0.05, 0) is 17.9 Å².